The highest BCUT2D eigenvalue weighted by Crippen LogP contribution is 2.25. The molecule has 0 bridgehead atoms. The highest BCUT2D eigenvalue weighted by molar-refractivity contribution is 7.99. The Morgan fingerprint density at radius 3 is 2.61 bits per heavy atom. The Balaban J connectivity index is 1.28. The summed E-state index contributed by atoms with van der Waals surface area (Å²) in [4.78, 5) is 28.7. The van der Waals surface area contributed by atoms with E-state index < -0.39 is 0 Å². The van der Waals surface area contributed by atoms with Crippen molar-refractivity contribution in [2.45, 2.75) is 44.4 Å². The van der Waals surface area contributed by atoms with Gasteiger partial charge in [-0.2, -0.15) is 0 Å². The Morgan fingerprint density at radius 2 is 1.94 bits per heavy atom. The summed E-state index contributed by atoms with van der Waals surface area (Å²) in [6.45, 7) is 8.07. The Bertz CT molecular complexity index is 934. The fraction of sp³-hybridized carbons (Fsp3) is 0.545. The van der Waals surface area contributed by atoms with Crippen LogP contribution in [0.3, 0.4) is 0 Å². The first kappa shape index (κ1) is 21.8. The molecule has 1 aliphatic heterocycles. The molecule has 1 aliphatic carbocycles. The van der Waals surface area contributed by atoms with Crippen LogP contribution in [0.15, 0.2) is 29.4 Å². The topological polar surface area (TPSA) is 83.4 Å². The van der Waals surface area contributed by atoms with E-state index in [4.69, 9.17) is 0 Å². The SMILES string of the molecule is CCn1c(SCC(=O)N2CCN(CC(=O)NC3CC3)CC2)nnc1-c1cccc(C)c1. The first-order chi connectivity index (χ1) is 15.0. The van der Waals surface area contributed by atoms with Gasteiger partial charge in [-0.1, -0.05) is 35.5 Å². The largest absolute Gasteiger partial charge is 0.352 e. The molecule has 166 valence electrons. The second kappa shape index (κ2) is 9.82. The molecule has 2 aromatic rings. The molecule has 8 nitrogen and oxygen atoms in total. The van der Waals surface area contributed by atoms with Gasteiger partial charge in [-0.05, 0) is 32.8 Å². The van der Waals surface area contributed by atoms with Crippen molar-refractivity contribution in [1.82, 2.24) is 29.9 Å². The molecule has 0 spiro atoms. The average Bonchev–Trinajstić information content (AvgIpc) is 3.47. The zero-order valence-corrected chi connectivity index (χ0v) is 19.0. The minimum absolute atomic E-state index is 0.0983. The van der Waals surface area contributed by atoms with Crippen molar-refractivity contribution in [3.8, 4) is 11.4 Å². The number of thioether (sulfide) groups is 1. The van der Waals surface area contributed by atoms with E-state index in [-0.39, 0.29) is 11.8 Å². The fourth-order valence-electron chi connectivity index (χ4n) is 3.76. The standard InChI is InChI=1S/C22H30N6O2S/c1-3-28-21(17-6-4-5-16(2)13-17)24-25-22(28)31-15-20(30)27-11-9-26(10-12-27)14-19(29)23-18-7-8-18/h4-6,13,18H,3,7-12,14-15H2,1-2H3,(H,23,29). The molecule has 1 N–H and O–H groups in total. The van der Waals surface area contributed by atoms with E-state index in [0.717, 1.165) is 49.0 Å². The van der Waals surface area contributed by atoms with Gasteiger partial charge < -0.3 is 14.8 Å². The van der Waals surface area contributed by atoms with E-state index in [2.05, 4.69) is 51.0 Å². The van der Waals surface area contributed by atoms with E-state index >= 15 is 0 Å². The molecule has 1 saturated carbocycles. The number of piperazine rings is 1. The van der Waals surface area contributed by atoms with E-state index in [9.17, 15) is 9.59 Å². The van der Waals surface area contributed by atoms with Crippen LogP contribution in [0.25, 0.3) is 11.4 Å². The van der Waals surface area contributed by atoms with Crippen molar-refractivity contribution in [2.75, 3.05) is 38.5 Å². The molecule has 2 amide bonds. The third kappa shape index (κ3) is 5.65. The number of carbonyl (C=O) groups is 2. The second-order valence-electron chi connectivity index (χ2n) is 8.21. The number of hydrogen-bond acceptors (Lipinski definition) is 6. The molecule has 0 radical (unpaired) electrons. The van der Waals surface area contributed by atoms with E-state index in [1.54, 1.807) is 0 Å². The normalized spacial score (nSPS) is 17.0. The lowest BCUT2D eigenvalue weighted by molar-refractivity contribution is -0.130. The maximum Gasteiger partial charge on any atom is 0.234 e. The molecule has 31 heavy (non-hydrogen) atoms. The molecule has 2 aliphatic rings. The molecule has 2 fully saturated rings. The van der Waals surface area contributed by atoms with Gasteiger partial charge in [-0.15, -0.1) is 10.2 Å². The maximum atomic E-state index is 12.7. The Morgan fingerprint density at radius 1 is 1.16 bits per heavy atom. The van der Waals surface area contributed by atoms with Crippen molar-refractivity contribution in [3.63, 3.8) is 0 Å². The summed E-state index contributed by atoms with van der Waals surface area (Å²) < 4.78 is 2.06. The van der Waals surface area contributed by atoms with Crippen LogP contribution >= 0.6 is 11.8 Å². The number of nitrogens with one attached hydrogen (secondary N) is 1. The van der Waals surface area contributed by atoms with Gasteiger partial charge in [0.2, 0.25) is 11.8 Å². The molecule has 1 aromatic heterocycles. The maximum absolute atomic E-state index is 12.7. The van der Waals surface area contributed by atoms with Crippen molar-refractivity contribution in [2.24, 2.45) is 0 Å². The number of aromatic nitrogens is 3. The molecule has 1 aromatic carbocycles. The third-order valence-electron chi connectivity index (χ3n) is 5.67. The van der Waals surface area contributed by atoms with Crippen molar-refractivity contribution in [3.05, 3.63) is 29.8 Å². The smallest absolute Gasteiger partial charge is 0.234 e. The average molecular weight is 443 g/mol. The number of amides is 2. The van der Waals surface area contributed by atoms with E-state index in [1.165, 1.54) is 17.3 Å². The van der Waals surface area contributed by atoms with Gasteiger partial charge in [0.15, 0.2) is 11.0 Å². The van der Waals surface area contributed by atoms with Crippen LogP contribution in [-0.2, 0) is 16.1 Å². The van der Waals surface area contributed by atoms with Gasteiger partial charge >= 0.3 is 0 Å². The number of nitrogens with zero attached hydrogens (tertiary/aromatic N) is 5. The summed E-state index contributed by atoms with van der Waals surface area (Å²) in [6.07, 6.45) is 2.20. The van der Waals surface area contributed by atoms with Crippen LogP contribution in [0.4, 0.5) is 0 Å². The predicted molar refractivity (Wildman–Crippen MR) is 121 cm³/mol. The van der Waals surface area contributed by atoms with E-state index in [1.807, 2.05) is 17.0 Å². The van der Waals surface area contributed by atoms with Crippen molar-refractivity contribution in [1.29, 1.82) is 0 Å². The number of rotatable bonds is 8. The highest BCUT2D eigenvalue weighted by Gasteiger charge is 2.26. The van der Waals surface area contributed by atoms with Gasteiger partial charge in [0.25, 0.3) is 0 Å². The summed E-state index contributed by atoms with van der Waals surface area (Å²) in [5, 5.41) is 12.5. The molecule has 0 atom stereocenters. The predicted octanol–water partition coefficient (Wildman–Crippen LogP) is 1.79. The zero-order chi connectivity index (χ0) is 21.8. The lowest BCUT2D eigenvalue weighted by atomic mass is 10.1. The number of benzene rings is 1. The molecule has 9 heteroatoms. The van der Waals surface area contributed by atoms with Gasteiger partial charge in [-0.25, -0.2) is 0 Å². The Kier molecular flexibility index (Phi) is 6.92. The fourth-order valence-corrected chi connectivity index (χ4v) is 4.66. The van der Waals surface area contributed by atoms with Gasteiger partial charge in [0.1, 0.15) is 0 Å². The minimum Gasteiger partial charge on any atom is -0.352 e. The first-order valence-corrected chi connectivity index (χ1v) is 11.9. The Labute approximate surface area is 187 Å². The van der Waals surface area contributed by atoms with Gasteiger partial charge in [-0.3, -0.25) is 14.5 Å². The quantitative estimate of drug-likeness (QED) is 0.628. The monoisotopic (exact) mass is 442 g/mol. The summed E-state index contributed by atoms with van der Waals surface area (Å²) in [5.41, 5.74) is 2.21. The van der Waals surface area contributed by atoms with E-state index in [0.29, 0.717) is 31.4 Å². The lowest BCUT2D eigenvalue weighted by Crippen LogP contribution is -2.51. The number of aryl methyl sites for hydroxylation is 1. The molecule has 1 saturated heterocycles. The van der Waals surface area contributed by atoms with Crippen molar-refractivity contribution < 1.29 is 9.59 Å². The second-order valence-corrected chi connectivity index (χ2v) is 9.15. The van der Waals surface area contributed by atoms with Crippen LogP contribution in [0.1, 0.15) is 25.3 Å². The first-order valence-electron chi connectivity index (χ1n) is 11.0. The molecule has 2 heterocycles. The van der Waals surface area contributed by atoms with Crippen LogP contribution in [0, 0.1) is 6.92 Å². The third-order valence-corrected chi connectivity index (χ3v) is 6.62. The Hall–Kier alpha value is -2.39. The zero-order valence-electron chi connectivity index (χ0n) is 18.2. The molecule has 0 unspecified atom stereocenters. The van der Waals surface area contributed by atoms with Crippen LogP contribution in [0.5, 0.6) is 0 Å². The summed E-state index contributed by atoms with van der Waals surface area (Å²) in [7, 11) is 0. The molecule has 4 rings (SSSR count). The van der Waals surface area contributed by atoms with Crippen LogP contribution in [-0.4, -0.2) is 80.9 Å². The van der Waals surface area contributed by atoms with Gasteiger partial charge in [0.05, 0.1) is 12.3 Å². The summed E-state index contributed by atoms with van der Waals surface area (Å²) >= 11 is 1.44. The molecular weight excluding hydrogens is 412 g/mol. The lowest BCUT2D eigenvalue weighted by Gasteiger charge is -2.34. The molecular formula is C22H30N6O2S. The van der Waals surface area contributed by atoms with Gasteiger partial charge in [0, 0.05) is 44.3 Å². The number of carbonyl (C=O) groups excluding carboxylic acids is 2. The number of hydrogen-bond donors (Lipinski definition) is 1. The summed E-state index contributed by atoms with van der Waals surface area (Å²) in [5.74, 6) is 1.38. The van der Waals surface area contributed by atoms with Crippen LogP contribution in [0.2, 0.25) is 0 Å². The highest BCUT2D eigenvalue weighted by atomic mass is 32.2. The van der Waals surface area contributed by atoms with Crippen molar-refractivity contribution >= 4 is 23.6 Å². The van der Waals surface area contributed by atoms with Crippen LogP contribution < -0.4 is 5.32 Å². The summed E-state index contributed by atoms with van der Waals surface area (Å²) in [6, 6.07) is 8.60. The minimum atomic E-state index is 0.0983.